The van der Waals surface area contributed by atoms with Crippen LogP contribution in [0.4, 0.5) is 4.79 Å². The SMILES string of the molecule is CCC(C)CC(=O)N1CCCC1c1nc(-c2ccc3c(c2)Oc2ccc(-c4n[nH]c(C5CCCN5C(=O)C(NC(=O)OC)C(C)CC)n4)cc2O3)n[nH]1. The van der Waals surface area contributed by atoms with Gasteiger partial charge in [0.05, 0.1) is 19.2 Å². The number of rotatable bonds is 11. The van der Waals surface area contributed by atoms with Crippen LogP contribution in [0, 0.1) is 11.8 Å². The largest absolute Gasteiger partial charge is 0.453 e. The van der Waals surface area contributed by atoms with E-state index < -0.39 is 12.1 Å². The molecule has 0 bridgehead atoms. The molecule has 2 fully saturated rings. The number of aromatic nitrogens is 6. The Morgan fingerprint density at radius 1 is 0.830 bits per heavy atom. The zero-order chi connectivity index (χ0) is 37.2. The highest BCUT2D eigenvalue weighted by Gasteiger charge is 2.38. The van der Waals surface area contributed by atoms with Gasteiger partial charge in [0.1, 0.15) is 17.7 Å². The predicted molar refractivity (Wildman–Crippen MR) is 194 cm³/mol. The van der Waals surface area contributed by atoms with Crippen LogP contribution in [0.25, 0.3) is 22.8 Å². The molecule has 5 unspecified atom stereocenters. The number of amides is 3. The fourth-order valence-electron chi connectivity index (χ4n) is 7.24. The summed E-state index contributed by atoms with van der Waals surface area (Å²) < 4.78 is 17.3. The molecule has 0 spiro atoms. The number of carbonyl (C=O) groups excluding carboxylic acids is 3. The molecule has 15 heteroatoms. The van der Waals surface area contributed by atoms with Gasteiger partial charge in [0.2, 0.25) is 11.8 Å². The fraction of sp³-hybridized carbons (Fsp3) is 0.500. The van der Waals surface area contributed by atoms with Gasteiger partial charge in [-0.2, -0.15) is 10.2 Å². The average Bonchev–Trinajstić information content (AvgIpc) is 4.01. The maximum Gasteiger partial charge on any atom is 0.407 e. The number of ether oxygens (including phenoxy) is 3. The highest BCUT2D eigenvalue weighted by molar-refractivity contribution is 5.86. The second-order valence-corrected chi connectivity index (χ2v) is 14.3. The minimum atomic E-state index is -0.709. The molecule has 2 aromatic carbocycles. The molecule has 280 valence electrons. The second kappa shape index (κ2) is 15.2. The van der Waals surface area contributed by atoms with E-state index in [1.165, 1.54) is 7.11 Å². The van der Waals surface area contributed by atoms with E-state index in [1.807, 2.05) is 55.1 Å². The Hall–Kier alpha value is -5.47. The molecule has 3 aliphatic rings. The number of likely N-dealkylation sites (tertiary alicyclic amines) is 2. The molecule has 5 atom stereocenters. The number of methoxy groups -OCH3 is 1. The third-order valence-electron chi connectivity index (χ3n) is 10.7. The van der Waals surface area contributed by atoms with Gasteiger partial charge in [-0.15, -0.1) is 0 Å². The topological polar surface area (TPSA) is 181 Å². The van der Waals surface area contributed by atoms with E-state index in [4.69, 9.17) is 24.2 Å². The van der Waals surface area contributed by atoms with Crippen molar-refractivity contribution >= 4 is 17.9 Å². The summed E-state index contributed by atoms with van der Waals surface area (Å²) in [7, 11) is 1.29. The van der Waals surface area contributed by atoms with E-state index >= 15 is 0 Å². The molecule has 3 N–H and O–H groups in total. The molecule has 5 heterocycles. The Bertz CT molecular complexity index is 1980. The first-order valence-corrected chi connectivity index (χ1v) is 18.6. The standard InChI is InChI=1S/C38H47N9O6/c1-6-21(3)18-31(48)46-16-8-10-25(46)35-40-33(42-44-35)23-12-14-27-29(19-23)52-28-15-13-24(20-30(28)53-27)34-41-36(45-43-34)26-11-9-17-47(26)37(49)32(22(4)7-2)39-38(50)51-5/h12-15,19-22,25-26,32H,6-11,16-18H2,1-5H3,(H,39,50)(H,40,42,44)(H,41,43,45). The number of fused-ring (bicyclic) bond motifs is 2. The number of nitrogens with zero attached hydrogens (tertiary/aromatic N) is 6. The third kappa shape index (κ3) is 7.29. The van der Waals surface area contributed by atoms with Crippen molar-refractivity contribution in [2.75, 3.05) is 20.2 Å². The lowest BCUT2D eigenvalue weighted by Gasteiger charge is -2.30. The molecule has 2 aromatic heterocycles. The fourth-order valence-corrected chi connectivity index (χ4v) is 7.24. The number of hydrogen-bond donors (Lipinski definition) is 3. The Morgan fingerprint density at radius 2 is 1.38 bits per heavy atom. The van der Waals surface area contributed by atoms with E-state index in [9.17, 15) is 14.4 Å². The van der Waals surface area contributed by atoms with Gasteiger partial charge in [0, 0.05) is 30.6 Å². The molecule has 7 rings (SSSR count). The minimum absolute atomic E-state index is 0.0809. The number of hydrogen-bond acceptors (Lipinski definition) is 10. The summed E-state index contributed by atoms with van der Waals surface area (Å²) in [4.78, 5) is 52.0. The van der Waals surface area contributed by atoms with Crippen LogP contribution in [-0.4, -0.2) is 84.3 Å². The number of benzene rings is 2. The van der Waals surface area contributed by atoms with Crippen LogP contribution in [0.2, 0.25) is 0 Å². The molecule has 15 nitrogen and oxygen atoms in total. The summed E-state index contributed by atoms with van der Waals surface area (Å²) in [5.74, 6) is 4.63. The lowest BCUT2D eigenvalue weighted by atomic mass is 9.97. The molecule has 3 aliphatic heterocycles. The average molecular weight is 726 g/mol. The Morgan fingerprint density at radius 3 is 1.91 bits per heavy atom. The minimum Gasteiger partial charge on any atom is -0.453 e. The Balaban J connectivity index is 1.04. The van der Waals surface area contributed by atoms with Crippen molar-refractivity contribution in [3.8, 4) is 45.8 Å². The van der Waals surface area contributed by atoms with Crippen LogP contribution in [0.1, 0.15) is 96.4 Å². The molecule has 53 heavy (non-hydrogen) atoms. The van der Waals surface area contributed by atoms with Crippen LogP contribution in [0.3, 0.4) is 0 Å². The first-order chi connectivity index (χ1) is 25.7. The van der Waals surface area contributed by atoms with E-state index in [-0.39, 0.29) is 29.8 Å². The maximum atomic E-state index is 13.7. The van der Waals surface area contributed by atoms with E-state index in [2.05, 4.69) is 39.6 Å². The molecule has 0 radical (unpaired) electrons. The van der Waals surface area contributed by atoms with Gasteiger partial charge in [-0.1, -0.05) is 40.5 Å². The van der Waals surface area contributed by atoms with Gasteiger partial charge in [0.15, 0.2) is 34.6 Å². The number of nitrogens with one attached hydrogen (secondary N) is 3. The summed E-state index contributed by atoms with van der Waals surface area (Å²) >= 11 is 0. The van der Waals surface area contributed by atoms with Crippen LogP contribution in [0.5, 0.6) is 23.0 Å². The van der Waals surface area contributed by atoms with Crippen molar-refractivity contribution in [3.05, 3.63) is 48.0 Å². The van der Waals surface area contributed by atoms with Crippen molar-refractivity contribution in [2.45, 2.75) is 90.8 Å². The van der Waals surface area contributed by atoms with Crippen molar-refractivity contribution in [2.24, 2.45) is 11.8 Å². The number of carbonyl (C=O) groups is 3. The van der Waals surface area contributed by atoms with Crippen LogP contribution in [-0.2, 0) is 14.3 Å². The highest BCUT2D eigenvalue weighted by Crippen LogP contribution is 2.47. The number of aromatic amines is 2. The zero-order valence-corrected chi connectivity index (χ0v) is 30.8. The van der Waals surface area contributed by atoms with Crippen molar-refractivity contribution in [1.82, 2.24) is 45.5 Å². The van der Waals surface area contributed by atoms with Crippen LogP contribution in [0.15, 0.2) is 36.4 Å². The monoisotopic (exact) mass is 725 g/mol. The van der Waals surface area contributed by atoms with E-state index in [0.29, 0.717) is 77.2 Å². The van der Waals surface area contributed by atoms with Crippen molar-refractivity contribution in [3.63, 3.8) is 0 Å². The quantitative estimate of drug-likeness (QED) is 0.133. The maximum absolute atomic E-state index is 13.7. The molecule has 0 saturated carbocycles. The Labute approximate surface area is 308 Å². The second-order valence-electron chi connectivity index (χ2n) is 14.3. The molecule has 0 aliphatic carbocycles. The highest BCUT2D eigenvalue weighted by atomic mass is 16.6. The van der Waals surface area contributed by atoms with Gasteiger partial charge in [0.25, 0.3) is 0 Å². The van der Waals surface area contributed by atoms with Gasteiger partial charge >= 0.3 is 6.09 Å². The van der Waals surface area contributed by atoms with Crippen LogP contribution >= 0.6 is 0 Å². The molecule has 2 saturated heterocycles. The zero-order valence-electron chi connectivity index (χ0n) is 30.8. The van der Waals surface area contributed by atoms with E-state index in [1.54, 1.807) is 4.90 Å². The summed E-state index contributed by atoms with van der Waals surface area (Å²) in [6.45, 7) is 9.42. The summed E-state index contributed by atoms with van der Waals surface area (Å²) in [5.41, 5.74) is 1.47. The van der Waals surface area contributed by atoms with Gasteiger partial charge in [-0.05, 0) is 73.9 Å². The molecule has 4 aromatic rings. The van der Waals surface area contributed by atoms with Gasteiger partial charge in [-0.25, -0.2) is 14.8 Å². The number of alkyl carbamates (subject to hydrolysis) is 1. The predicted octanol–water partition coefficient (Wildman–Crippen LogP) is 6.69. The van der Waals surface area contributed by atoms with Gasteiger partial charge in [-0.3, -0.25) is 19.8 Å². The smallest absolute Gasteiger partial charge is 0.407 e. The summed E-state index contributed by atoms with van der Waals surface area (Å²) in [5, 5.41) is 17.8. The van der Waals surface area contributed by atoms with E-state index in [0.717, 1.165) is 44.2 Å². The van der Waals surface area contributed by atoms with Crippen LogP contribution < -0.4 is 14.8 Å². The van der Waals surface area contributed by atoms with Gasteiger partial charge < -0.3 is 29.3 Å². The number of H-pyrrole nitrogens is 2. The first-order valence-electron chi connectivity index (χ1n) is 18.6. The Kier molecular flexibility index (Phi) is 10.3. The van der Waals surface area contributed by atoms with Crippen molar-refractivity contribution < 1.29 is 28.6 Å². The molecule has 3 amide bonds. The first kappa shape index (κ1) is 35.9. The molecular formula is C38H47N9O6. The summed E-state index contributed by atoms with van der Waals surface area (Å²) in [6.07, 6.45) is 4.90. The lowest BCUT2D eigenvalue weighted by molar-refractivity contribution is -0.136. The van der Waals surface area contributed by atoms with Crippen molar-refractivity contribution in [1.29, 1.82) is 0 Å². The normalized spacial score (nSPS) is 19.4. The summed E-state index contributed by atoms with van der Waals surface area (Å²) in [6, 6.07) is 9.94. The molecular weight excluding hydrogens is 678 g/mol. The third-order valence-corrected chi connectivity index (χ3v) is 10.7. The lowest BCUT2D eigenvalue weighted by Crippen LogP contribution is -2.51.